The van der Waals surface area contributed by atoms with Crippen molar-refractivity contribution in [3.8, 4) is 5.75 Å². The number of nitrogen functional groups attached to an aromatic ring is 1. The van der Waals surface area contributed by atoms with Gasteiger partial charge in [-0.1, -0.05) is 47.5 Å². The zero-order valence-electron chi connectivity index (χ0n) is 22.4. The van der Waals surface area contributed by atoms with Gasteiger partial charge in [-0.25, -0.2) is 13.4 Å². The van der Waals surface area contributed by atoms with Gasteiger partial charge in [0.05, 0.1) is 10.7 Å². The van der Waals surface area contributed by atoms with Crippen molar-refractivity contribution in [3.63, 3.8) is 0 Å². The van der Waals surface area contributed by atoms with Crippen LogP contribution < -0.4 is 15.8 Å². The predicted molar refractivity (Wildman–Crippen MR) is 165 cm³/mol. The van der Waals surface area contributed by atoms with Gasteiger partial charge < -0.3 is 15.8 Å². The van der Waals surface area contributed by atoms with E-state index in [-0.39, 0.29) is 40.5 Å². The normalized spacial score (nSPS) is 15.7. The number of hydrogen-bond donors (Lipinski definition) is 3. The molecule has 0 spiro atoms. The number of aromatic nitrogens is 2. The number of pyridine rings is 1. The summed E-state index contributed by atoms with van der Waals surface area (Å²) in [6.07, 6.45) is 2.74. The monoisotopic (exact) mass is 692 g/mol. The van der Waals surface area contributed by atoms with Crippen molar-refractivity contribution in [2.24, 2.45) is 5.73 Å². The molecule has 2 aromatic heterocycles. The van der Waals surface area contributed by atoms with Crippen LogP contribution in [0.2, 0.25) is 10.0 Å². The number of hydrogen-bond acceptors (Lipinski definition) is 6. The summed E-state index contributed by atoms with van der Waals surface area (Å²) in [5.74, 6) is 0.0141. The van der Waals surface area contributed by atoms with Crippen LogP contribution in [0.1, 0.15) is 35.2 Å². The molecule has 5 rings (SSSR count). The Morgan fingerprint density at radius 2 is 1.95 bits per heavy atom. The molecule has 1 saturated heterocycles. The standard InChI is InChI=1S/C28H27BrCl2N6O4S/c1-16-25(29)36-12-3-5-22(27(36)35-16)41-15-19-20(30)10-11-23(24(19)31)42(39,40)37-13-2-4-21(37)28(38)34-14-17-6-8-18(9-7-17)26(32)33/h3,5-12,21H,2,4,13-15H2,1H3,(H3,32,33)(H,34,38)/t21-/m0/s1. The molecule has 0 saturated carbocycles. The number of benzene rings is 2. The SMILES string of the molecule is Cc1nc2c(OCc3c(Cl)ccc(S(=O)(=O)N4CCC[C@H]4C(=O)NCc4ccc(C(=N)N)cc4)c3Cl)cccn2c1Br. The maximum atomic E-state index is 13.8. The van der Waals surface area contributed by atoms with Gasteiger partial charge in [0.1, 0.15) is 28.0 Å². The molecule has 0 aliphatic carbocycles. The molecular weight excluding hydrogens is 667 g/mol. The number of nitrogens with one attached hydrogen (secondary N) is 2. The lowest BCUT2D eigenvalue weighted by molar-refractivity contribution is -0.124. The summed E-state index contributed by atoms with van der Waals surface area (Å²) in [5.41, 5.74) is 8.53. The number of ether oxygens (including phenoxy) is 1. The maximum absolute atomic E-state index is 13.8. The molecule has 1 atom stereocenters. The van der Waals surface area contributed by atoms with Gasteiger partial charge in [-0.2, -0.15) is 4.31 Å². The number of amides is 1. The van der Waals surface area contributed by atoms with Gasteiger partial charge in [-0.15, -0.1) is 0 Å². The quantitative estimate of drug-likeness (QED) is 0.166. The van der Waals surface area contributed by atoms with Gasteiger partial charge in [-0.05, 0) is 65.5 Å². The molecule has 3 heterocycles. The Labute approximate surface area is 261 Å². The highest BCUT2D eigenvalue weighted by Crippen LogP contribution is 2.36. The molecule has 220 valence electrons. The minimum atomic E-state index is -4.15. The number of sulfonamides is 1. The van der Waals surface area contributed by atoms with Crippen LogP contribution in [0.4, 0.5) is 0 Å². The van der Waals surface area contributed by atoms with Crippen LogP contribution in [-0.2, 0) is 28.0 Å². The smallest absolute Gasteiger partial charge is 0.245 e. The fourth-order valence-electron chi connectivity index (χ4n) is 4.82. The van der Waals surface area contributed by atoms with E-state index in [0.717, 1.165) is 15.9 Å². The van der Waals surface area contributed by atoms with E-state index in [2.05, 4.69) is 26.2 Å². The molecule has 1 fully saturated rings. The molecule has 0 bridgehead atoms. The van der Waals surface area contributed by atoms with Crippen molar-refractivity contribution >= 4 is 66.5 Å². The molecule has 2 aromatic carbocycles. The zero-order chi connectivity index (χ0) is 30.2. The third-order valence-electron chi connectivity index (χ3n) is 7.06. The van der Waals surface area contributed by atoms with Gasteiger partial charge in [0.25, 0.3) is 0 Å². The van der Waals surface area contributed by atoms with Gasteiger partial charge >= 0.3 is 0 Å². The van der Waals surface area contributed by atoms with Crippen LogP contribution in [0.15, 0.2) is 64.2 Å². The van der Waals surface area contributed by atoms with E-state index in [1.807, 2.05) is 17.5 Å². The van der Waals surface area contributed by atoms with Crippen LogP contribution >= 0.6 is 39.1 Å². The highest BCUT2D eigenvalue weighted by Gasteiger charge is 2.40. The van der Waals surface area contributed by atoms with Crippen molar-refractivity contribution < 1.29 is 17.9 Å². The number of aryl methyl sites for hydroxylation is 1. The van der Waals surface area contributed by atoms with Crippen molar-refractivity contribution in [2.75, 3.05) is 6.54 Å². The van der Waals surface area contributed by atoms with Gasteiger partial charge in [0, 0.05) is 35.4 Å². The average molecular weight is 694 g/mol. The lowest BCUT2D eigenvalue weighted by atomic mass is 10.1. The Kier molecular flexibility index (Phi) is 8.81. The number of carbonyl (C=O) groups excluding carboxylic acids is 1. The number of carbonyl (C=O) groups is 1. The first-order valence-electron chi connectivity index (χ1n) is 12.9. The average Bonchev–Trinajstić information content (AvgIpc) is 3.57. The fourth-order valence-corrected chi connectivity index (χ4v) is 7.72. The Morgan fingerprint density at radius 1 is 1.21 bits per heavy atom. The third-order valence-corrected chi connectivity index (χ3v) is 10.9. The van der Waals surface area contributed by atoms with E-state index >= 15 is 0 Å². The maximum Gasteiger partial charge on any atom is 0.245 e. The van der Waals surface area contributed by atoms with Crippen molar-refractivity contribution in [2.45, 2.75) is 43.9 Å². The lowest BCUT2D eigenvalue weighted by Gasteiger charge is -2.24. The lowest BCUT2D eigenvalue weighted by Crippen LogP contribution is -2.45. The Hall–Kier alpha value is -3.16. The molecule has 0 unspecified atom stereocenters. The molecule has 1 aliphatic rings. The van der Waals surface area contributed by atoms with Crippen molar-refractivity contribution in [1.82, 2.24) is 19.0 Å². The summed E-state index contributed by atoms with van der Waals surface area (Å²) in [7, 11) is -4.15. The van der Waals surface area contributed by atoms with Crippen LogP contribution in [-0.4, -0.2) is 46.4 Å². The van der Waals surface area contributed by atoms with Gasteiger partial charge in [0.2, 0.25) is 15.9 Å². The van der Waals surface area contributed by atoms with E-state index in [1.165, 1.54) is 16.4 Å². The Bertz CT molecular complexity index is 1800. The predicted octanol–water partition coefficient (Wildman–Crippen LogP) is 5.04. The molecule has 1 aliphatic heterocycles. The van der Waals surface area contributed by atoms with E-state index in [4.69, 9.17) is 39.1 Å². The second-order valence-electron chi connectivity index (χ2n) is 9.78. The Morgan fingerprint density at radius 3 is 2.67 bits per heavy atom. The number of nitrogens with zero attached hydrogens (tertiary/aromatic N) is 3. The molecule has 1 amide bonds. The van der Waals surface area contributed by atoms with Crippen LogP contribution in [0.3, 0.4) is 0 Å². The Balaban J connectivity index is 1.34. The number of amidine groups is 1. The van der Waals surface area contributed by atoms with Crippen LogP contribution in [0, 0.1) is 12.3 Å². The second-order valence-corrected chi connectivity index (χ2v) is 13.2. The third kappa shape index (κ3) is 5.86. The van der Waals surface area contributed by atoms with Crippen molar-refractivity contribution in [1.29, 1.82) is 5.41 Å². The van der Waals surface area contributed by atoms with E-state index in [1.54, 1.807) is 36.4 Å². The topological polar surface area (TPSA) is 143 Å². The number of imidazole rings is 1. The minimum Gasteiger partial charge on any atom is -0.485 e. The summed E-state index contributed by atoms with van der Waals surface area (Å²) in [5, 5.41) is 10.5. The van der Waals surface area contributed by atoms with Crippen LogP contribution in [0.25, 0.3) is 5.65 Å². The highest BCUT2D eigenvalue weighted by atomic mass is 79.9. The van der Waals surface area contributed by atoms with Crippen LogP contribution in [0.5, 0.6) is 5.75 Å². The summed E-state index contributed by atoms with van der Waals surface area (Å²) >= 11 is 16.6. The summed E-state index contributed by atoms with van der Waals surface area (Å²) in [6.45, 7) is 2.14. The first kappa shape index (κ1) is 30.3. The van der Waals surface area contributed by atoms with Gasteiger partial charge in [-0.3, -0.25) is 14.6 Å². The molecule has 42 heavy (non-hydrogen) atoms. The van der Waals surface area contributed by atoms with E-state index < -0.39 is 22.0 Å². The molecule has 4 aromatic rings. The first-order chi connectivity index (χ1) is 20.0. The number of rotatable bonds is 9. The molecule has 0 radical (unpaired) electrons. The fraction of sp³-hybridized carbons (Fsp3) is 0.250. The first-order valence-corrected chi connectivity index (χ1v) is 15.9. The molecule has 14 heteroatoms. The van der Waals surface area contributed by atoms with E-state index in [9.17, 15) is 13.2 Å². The summed E-state index contributed by atoms with van der Waals surface area (Å²) < 4.78 is 37.5. The summed E-state index contributed by atoms with van der Waals surface area (Å²) in [4.78, 5) is 17.5. The molecular formula is C28H27BrCl2N6O4S. The van der Waals surface area contributed by atoms with E-state index in [0.29, 0.717) is 35.4 Å². The number of nitrogens with two attached hydrogens (primary N) is 1. The zero-order valence-corrected chi connectivity index (χ0v) is 26.3. The minimum absolute atomic E-state index is 0.0494. The highest BCUT2D eigenvalue weighted by molar-refractivity contribution is 9.10. The second kappa shape index (κ2) is 12.2. The van der Waals surface area contributed by atoms with Crippen molar-refractivity contribution in [3.05, 3.63) is 91.8 Å². The molecule has 4 N–H and O–H groups in total. The van der Waals surface area contributed by atoms with Gasteiger partial charge in [0.15, 0.2) is 11.4 Å². The number of fused-ring (bicyclic) bond motifs is 1. The largest absolute Gasteiger partial charge is 0.485 e. The molecule has 10 nitrogen and oxygen atoms in total. The number of halogens is 3. The summed E-state index contributed by atoms with van der Waals surface area (Å²) in [6, 6.07) is 12.4.